The molecule has 0 saturated carbocycles. The van der Waals surface area contributed by atoms with Gasteiger partial charge in [-0.15, -0.1) is 12.3 Å². The summed E-state index contributed by atoms with van der Waals surface area (Å²) in [5, 5.41) is 3.39. The van der Waals surface area contributed by atoms with Gasteiger partial charge in [0.25, 0.3) is 0 Å². The van der Waals surface area contributed by atoms with Crippen LogP contribution in [0.15, 0.2) is 28.7 Å². The van der Waals surface area contributed by atoms with Gasteiger partial charge in [0.2, 0.25) is 0 Å². The second-order valence-corrected chi connectivity index (χ2v) is 4.41. The lowest BCUT2D eigenvalue weighted by Gasteiger charge is -2.15. The van der Waals surface area contributed by atoms with E-state index in [1.165, 1.54) is 5.56 Å². The molecule has 0 aliphatic rings. The molecular weight excluding hydrogens is 250 g/mol. The molecule has 1 aromatic carbocycles. The van der Waals surface area contributed by atoms with E-state index >= 15 is 0 Å². The third-order valence-corrected chi connectivity index (χ3v) is 2.78. The lowest BCUT2D eigenvalue weighted by molar-refractivity contribution is 0.535. The molecule has 0 bridgehead atoms. The number of benzene rings is 1. The van der Waals surface area contributed by atoms with E-state index in [1.54, 1.807) is 0 Å². The Morgan fingerprint density at radius 2 is 2.07 bits per heavy atom. The minimum atomic E-state index is 0.390. The Balaban J connectivity index is 2.57. The van der Waals surface area contributed by atoms with E-state index in [-0.39, 0.29) is 0 Å². The zero-order valence-corrected chi connectivity index (χ0v) is 10.5. The molecule has 0 aliphatic carbocycles. The van der Waals surface area contributed by atoms with Crippen molar-refractivity contribution in [3.63, 3.8) is 0 Å². The molecule has 0 aromatic heterocycles. The number of terminal acetylenes is 1. The van der Waals surface area contributed by atoms with Crippen LogP contribution >= 0.6 is 15.9 Å². The fourth-order valence-electron chi connectivity index (χ4n) is 1.55. The predicted molar refractivity (Wildman–Crippen MR) is 68.8 cm³/mol. The highest BCUT2D eigenvalue weighted by Gasteiger charge is 2.06. The molecule has 15 heavy (non-hydrogen) atoms. The monoisotopic (exact) mass is 265 g/mol. The highest BCUT2D eigenvalue weighted by molar-refractivity contribution is 9.10. The topological polar surface area (TPSA) is 12.0 Å². The van der Waals surface area contributed by atoms with Gasteiger partial charge in [0.15, 0.2) is 0 Å². The summed E-state index contributed by atoms with van der Waals surface area (Å²) in [4.78, 5) is 0. The van der Waals surface area contributed by atoms with E-state index in [0.717, 1.165) is 23.9 Å². The van der Waals surface area contributed by atoms with Crippen molar-refractivity contribution in [2.24, 2.45) is 0 Å². The lowest BCUT2D eigenvalue weighted by atomic mass is 10.0. The van der Waals surface area contributed by atoms with Crippen LogP contribution in [-0.4, -0.2) is 12.6 Å². The Morgan fingerprint density at radius 3 is 2.60 bits per heavy atom. The van der Waals surface area contributed by atoms with Crippen LogP contribution < -0.4 is 5.32 Å². The Kier molecular flexibility index (Phi) is 5.45. The summed E-state index contributed by atoms with van der Waals surface area (Å²) in [5.41, 5.74) is 1.32. The number of hydrogen-bond donors (Lipinski definition) is 1. The second-order valence-electron chi connectivity index (χ2n) is 3.49. The number of rotatable bonds is 5. The van der Waals surface area contributed by atoms with Crippen molar-refractivity contribution in [3.8, 4) is 12.3 Å². The van der Waals surface area contributed by atoms with Crippen LogP contribution in [0.3, 0.4) is 0 Å². The number of likely N-dealkylation sites (N-methyl/N-ethyl adjacent to an activating group) is 1. The third kappa shape index (κ3) is 4.51. The highest BCUT2D eigenvalue weighted by Crippen LogP contribution is 2.12. The van der Waals surface area contributed by atoms with Crippen LogP contribution in [0.25, 0.3) is 0 Å². The molecule has 1 atom stereocenters. The smallest absolute Gasteiger partial charge is 0.0243 e. The number of hydrogen-bond acceptors (Lipinski definition) is 1. The molecule has 1 N–H and O–H groups in total. The van der Waals surface area contributed by atoms with Gasteiger partial charge in [0.1, 0.15) is 0 Å². The van der Waals surface area contributed by atoms with Gasteiger partial charge in [-0.05, 0) is 30.7 Å². The Bertz CT molecular complexity index is 323. The van der Waals surface area contributed by atoms with Crippen molar-refractivity contribution in [2.45, 2.75) is 25.8 Å². The van der Waals surface area contributed by atoms with Gasteiger partial charge in [-0.3, -0.25) is 0 Å². The van der Waals surface area contributed by atoms with E-state index in [9.17, 15) is 0 Å². The zero-order chi connectivity index (χ0) is 11.1. The predicted octanol–water partition coefficient (Wildman–Crippen LogP) is 2.99. The van der Waals surface area contributed by atoms with E-state index in [2.05, 4.69) is 58.4 Å². The van der Waals surface area contributed by atoms with Gasteiger partial charge < -0.3 is 5.32 Å². The van der Waals surface area contributed by atoms with Crippen LogP contribution in [0.5, 0.6) is 0 Å². The van der Waals surface area contributed by atoms with Crippen molar-refractivity contribution in [1.82, 2.24) is 5.32 Å². The van der Waals surface area contributed by atoms with Gasteiger partial charge in [-0.2, -0.15) is 0 Å². The lowest BCUT2D eigenvalue weighted by Crippen LogP contribution is -2.30. The maximum Gasteiger partial charge on any atom is 0.0243 e. The first-order valence-corrected chi connectivity index (χ1v) is 5.96. The molecule has 0 saturated heterocycles. The maximum atomic E-state index is 5.34. The molecule has 1 nitrogen and oxygen atoms in total. The maximum absolute atomic E-state index is 5.34. The number of nitrogens with one attached hydrogen (secondary N) is 1. The fraction of sp³-hybridized carbons (Fsp3) is 0.385. The molecule has 0 fully saturated rings. The molecule has 80 valence electrons. The molecular formula is C13H16BrN. The normalized spacial score (nSPS) is 12.1. The molecule has 0 heterocycles. The van der Waals surface area contributed by atoms with Crippen LogP contribution in [0.4, 0.5) is 0 Å². The van der Waals surface area contributed by atoms with E-state index in [4.69, 9.17) is 6.42 Å². The summed E-state index contributed by atoms with van der Waals surface area (Å²) < 4.78 is 1.11. The fourth-order valence-corrected chi connectivity index (χ4v) is 1.82. The summed E-state index contributed by atoms with van der Waals surface area (Å²) in [5.74, 6) is 2.71. The average molecular weight is 266 g/mol. The van der Waals surface area contributed by atoms with Gasteiger partial charge in [-0.25, -0.2) is 0 Å². The first-order chi connectivity index (χ1) is 7.26. The summed E-state index contributed by atoms with van der Waals surface area (Å²) in [6, 6.07) is 8.78. The standard InChI is InChI=1S/C13H16BrN/c1-3-5-13(15-4-2)10-11-6-8-12(14)9-7-11/h1,6-9,13,15H,4-5,10H2,2H3. The van der Waals surface area contributed by atoms with Gasteiger partial charge in [0.05, 0.1) is 0 Å². The van der Waals surface area contributed by atoms with E-state index in [1.807, 2.05) is 0 Å². The summed E-state index contributed by atoms with van der Waals surface area (Å²) >= 11 is 3.43. The van der Waals surface area contributed by atoms with E-state index in [0.29, 0.717) is 6.04 Å². The van der Waals surface area contributed by atoms with Crippen LogP contribution in [0.2, 0.25) is 0 Å². The highest BCUT2D eigenvalue weighted by atomic mass is 79.9. The third-order valence-electron chi connectivity index (χ3n) is 2.25. The summed E-state index contributed by atoms with van der Waals surface area (Å²) in [7, 11) is 0. The van der Waals surface area contributed by atoms with Crippen molar-refractivity contribution in [2.75, 3.05) is 6.54 Å². The summed E-state index contributed by atoms with van der Waals surface area (Å²) in [6.07, 6.45) is 7.11. The van der Waals surface area contributed by atoms with Crippen molar-refractivity contribution >= 4 is 15.9 Å². The first kappa shape index (κ1) is 12.3. The molecule has 2 heteroatoms. The molecule has 0 amide bonds. The van der Waals surface area contributed by atoms with Gasteiger partial charge in [-0.1, -0.05) is 35.0 Å². The first-order valence-electron chi connectivity index (χ1n) is 5.17. The molecule has 1 rings (SSSR count). The minimum Gasteiger partial charge on any atom is -0.313 e. The number of halogens is 1. The van der Waals surface area contributed by atoms with Crippen molar-refractivity contribution in [1.29, 1.82) is 0 Å². The molecule has 0 spiro atoms. The molecule has 0 aliphatic heterocycles. The van der Waals surface area contributed by atoms with Crippen LogP contribution in [0, 0.1) is 12.3 Å². The van der Waals surface area contributed by atoms with Crippen molar-refractivity contribution in [3.05, 3.63) is 34.3 Å². The SMILES string of the molecule is C#CCC(Cc1ccc(Br)cc1)NCC. The Hall–Kier alpha value is -0.780. The van der Waals surface area contributed by atoms with Gasteiger partial charge in [0, 0.05) is 16.9 Å². The van der Waals surface area contributed by atoms with Gasteiger partial charge >= 0.3 is 0 Å². The molecule has 1 aromatic rings. The minimum absolute atomic E-state index is 0.390. The quantitative estimate of drug-likeness (QED) is 0.808. The summed E-state index contributed by atoms with van der Waals surface area (Å²) in [6.45, 7) is 3.06. The second kappa shape index (κ2) is 6.66. The van der Waals surface area contributed by atoms with E-state index < -0.39 is 0 Å². The van der Waals surface area contributed by atoms with Crippen LogP contribution in [0.1, 0.15) is 18.9 Å². The van der Waals surface area contributed by atoms with Crippen molar-refractivity contribution < 1.29 is 0 Å². The Labute approximate surface area is 100 Å². The zero-order valence-electron chi connectivity index (χ0n) is 8.96. The largest absolute Gasteiger partial charge is 0.313 e. The molecule has 1 unspecified atom stereocenters. The molecule has 0 radical (unpaired) electrons. The Morgan fingerprint density at radius 1 is 1.40 bits per heavy atom. The van der Waals surface area contributed by atoms with Crippen LogP contribution in [-0.2, 0) is 6.42 Å². The average Bonchev–Trinajstić information content (AvgIpc) is 2.22.